The molecule has 0 bridgehead atoms. The number of nitrogens with zero attached hydrogens (tertiary/aromatic N) is 3. The molecule has 1 heterocycles. The number of likely N-dealkylation sites (tertiary alicyclic amines) is 1. The Balaban J connectivity index is 2.27. The number of nitrogens with one attached hydrogen (secondary N) is 8. The predicted octanol–water partition coefficient (Wildman–Crippen LogP) is -2.01. The van der Waals surface area contributed by atoms with Crippen molar-refractivity contribution >= 4 is 65.0 Å². The van der Waals surface area contributed by atoms with Gasteiger partial charge in [-0.2, -0.15) is 0 Å². The lowest BCUT2D eigenvalue weighted by Crippen LogP contribution is -2.63. The Hall–Kier alpha value is -6.07. The van der Waals surface area contributed by atoms with Crippen LogP contribution in [0.25, 0.3) is 0 Å². The van der Waals surface area contributed by atoms with Crippen LogP contribution in [-0.2, 0) is 47.9 Å². The number of likely N-dealkylation sites (N-methyl/N-ethyl adjacent to an activating group) is 1. The van der Waals surface area contributed by atoms with Crippen LogP contribution < -0.4 is 54.0 Å². The van der Waals surface area contributed by atoms with Crippen molar-refractivity contribution in [3.63, 3.8) is 0 Å². The van der Waals surface area contributed by atoms with Crippen molar-refractivity contribution < 1.29 is 53.1 Å². The van der Waals surface area contributed by atoms with Gasteiger partial charge in [0.15, 0.2) is 5.96 Å². The van der Waals surface area contributed by atoms with Crippen molar-refractivity contribution in [2.45, 2.75) is 175 Å². The van der Waals surface area contributed by atoms with Crippen LogP contribution in [0.2, 0.25) is 0 Å². The third-order valence-corrected chi connectivity index (χ3v) is 13.1. The van der Waals surface area contributed by atoms with E-state index in [0.717, 1.165) is 17.7 Å². The normalized spacial score (nSPS) is 18.0. The summed E-state index contributed by atoms with van der Waals surface area (Å²) in [5, 5.41) is 32.2. The van der Waals surface area contributed by atoms with Gasteiger partial charge in [-0.25, -0.2) is 0 Å². The minimum atomic E-state index is -1.62. The summed E-state index contributed by atoms with van der Waals surface area (Å²) in [7, 11) is 1.42. The van der Waals surface area contributed by atoms with Gasteiger partial charge in [-0.05, 0) is 75.5 Å². The SMILES string of the molecule is CCC[C@H](NC(=O)[C@@H](NC(=O)[C@H](NC(=O)[C@@H](NC(=O)CNC(=O)CN(C)C(C)=O)C(C)C)[C@@H](C)CC)[C@@H](C)O)C(=O)N[C@H](C(=O)N[C@@H](CCCN=C(N)N)C(=O)N1CCC[C@H]1C(=O)NCC1CC1)[C@@H](C)CC. The molecular formula is C48H85N13O11. The van der Waals surface area contributed by atoms with Gasteiger partial charge in [0.1, 0.15) is 42.3 Å². The fraction of sp³-hybridized carbons (Fsp3) is 0.771. The van der Waals surface area contributed by atoms with Gasteiger partial charge in [-0.1, -0.05) is 67.7 Å². The third-order valence-electron chi connectivity index (χ3n) is 13.1. The maximum Gasteiger partial charge on any atom is 0.245 e. The summed E-state index contributed by atoms with van der Waals surface area (Å²) in [5.74, 6) is -7.41. The van der Waals surface area contributed by atoms with Crippen molar-refractivity contribution in [2.75, 3.05) is 39.8 Å². The molecule has 1 aliphatic carbocycles. The number of hydrogen-bond donors (Lipinski definition) is 11. The molecule has 2 rings (SSSR count). The Morgan fingerprint density at radius 3 is 1.75 bits per heavy atom. The number of guanidine groups is 1. The Kier molecular flexibility index (Phi) is 26.5. The second-order valence-electron chi connectivity index (χ2n) is 19.6. The number of carbonyl (C=O) groups excluding carboxylic acids is 10. The first kappa shape index (κ1) is 62.0. The van der Waals surface area contributed by atoms with E-state index in [4.69, 9.17) is 11.5 Å². The van der Waals surface area contributed by atoms with Gasteiger partial charge in [0, 0.05) is 33.6 Å². The van der Waals surface area contributed by atoms with E-state index in [-0.39, 0.29) is 43.7 Å². The van der Waals surface area contributed by atoms with Crippen LogP contribution in [0.15, 0.2) is 4.99 Å². The fourth-order valence-corrected chi connectivity index (χ4v) is 7.90. The number of hydrogen-bond acceptors (Lipinski definition) is 12. The first-order valence-corrected chi connectivity index (χ1v) is 25.5. The summed E-state index contributed by atoms with van der Waals surface area (Å²) in [4.78, 5) is 141. The quantitative estimate of drug-likeness (QED) is 0.0204. The molecule has 13 N–H and O–H groups in total. The van der Waals surface area contributed by atoms with Crippen molar-refractivity contribution in [3.05, 3.63) is 0 Å². The van der Waals surface area contributed by atoms with Gasteiger partial charge < -0.3 is 68.9 Å². The largest absolute Gasteiger partial charge is 0.391 e. The minimum absolute atomic E-state index is 0.0883. The van der Waals surface area contributed by atoms with Crippen LogP contribution in [0.5, 0.6) is 0 Å². The summed E-state index contributed by atoms with van der Waals surface area (Å²) in [6, 6.07) is -8.28. The van der Waals surface area contributed by atoms with Gasteiger partial charge in [0.25, 0.3) is 0 Å². The zero-order valence-corrected chi connectivity index (χ0v) is 44.1. The van der Waals surface area contributed by atoms with Crippen LogP contribution in [0, 0.1) is 23.7 Å². The summed E-state index contributed by atoms with van der Waals surface area (Å²) in [6.07, 6.45) is 3.37. The summed E-state index contributed by atoms with van der Waals surface area (Å²) < 4.78 is 0. The van der Waals surface area contributed by atoms with E-state index in [9.17, 15) is 53.1 Å². The molecule has 0 aromatic heterocycles. The molecule has 10 atom stereocenters. The van der Waals surface area contributed by atoms with Crippen molar-refractivity contribution in [1.82, 2.24) is 52.3 Å². The van der Waals surface area contributed by atoms with E-state index >= 15 is 0 Å². The molecule has 408 valence electrons. The monoisotopic (exact) mass is 1020 g/mol. The highest BCUT2D eigenvalue weighted by atomic mass is 16.3. The summed E-state index contributed by atoms with van der Waals surface area (Å²) in [6.45, 7) is 14.9. The Labute approximate surface area is 424 Å². The average Bonchev–Trinajstić information content (AvgIpc) is 4.03. The lowest BCUT2D eigenvalue weighted by Gasteiger charge is -2.32. The molecule has 0 aromatic rings. The maximum atomic E-state index is 14.2. The fourth-order valence-electron chi connectivity index (χ4n) is 7.90. The Morgan fingerprint density at radius 1 is 0.681 bits per heavy atom. The van der Waals surface area contributed by atoms with Gasteiger partial charge in [-0.15, -0.1) is 0 Å². The van der Waals surface area contributed by atoms with Crippen LogP contribution >= 0.6 is 0 Å². The number of aliphatic hydroxyl groups excluding tert-OH is 1. The zero-order valence-electron chi connectivity index (χ0n) is 44.1. The van der Waals surface area contributed by atoms with Gasteiger partial charge in [0.05, 0.1) is 19.2 Å². The van der Waals surface area contributed by atoms with Gasteiger partial charge in [0.2, 0.25) is 59.1 Å². The smallest absolute Gasteiger partial charge is 0.245 e. The van der Waals surface area contributed by atoms with Crippen molar-refractivity contribution in [1.29, 1.82) is 0 Å². The molecule has 0 unspecified atom stereocenters. The van der Waals surface area contributed by atoms with Crippen LogP contribution in [0.4, 0.5) is 0 Å². The molecule has 24 nitrogen and oxygen atoms in total. The third kappa shape index (κ3) is 20.6. The molecule has 24 heteroatoms. The number of carbonyl (C=O) groups is 10. The molecule has 2 fully saturated rings. The Morgan fingerprint density at radius 2 is 1.22 bits per heavy atom. The van der Waals surface area contributed by atoms with E-state index in [1.165, 1.54) is 25.8 Å². The standard InChI is InChI=1S/C48H85N13O11/c1-11-16-32(41(66)57-38(27(6)12-2)44(69)55-33(17-14-21-51-48(49)50)47(72)61-22-15-18-34(61)42(67)53-23-31-19-20-31)54-46(71)40(29(8)62)59-45(70)39(28(7)13-3)58-43(68)37(26(4)5)56-35(64)24-52-36(65)25-60(10)30(9)63/h26-29,31-34,37-40,62H,11-25H2,1-10H3,(H,52,65)(H,53,67)(H,54,71)(H,55,69)(H,56,64)(H,57,66)(H,58,68)(H,59,70)(H4,49,50,51)/t27-,28-,29+,32-,33-,34-,37-,38-,39+,40-/m0/s1. The lowest BCUT2D eigenvalue weighted by molar-refractivity contribution is -0.142. The van der Waals surface area contributed by atoms with Crippen LogP contribution in [-0.4, -0.2) is 168 Å². The molecule has 0 aromatic carbocycles. The predicted molar refractivity (Wildman–Crippen MR) is 269 cm³/mol. The summed E-state index contributed by atoms with van der Waals surface area (Å²) in [5.41, 5.74) is 11.0. The molecule has 2 aliphatic rings. The van der Waals surface area contributed by atoms with Crippen molar-refractivity contribution in [3.8, 4) is 0 Å². The maximum absolute atomic E-state index is 14.2. The van der Waals surface area contributed by atoms with E-state index in [1.54, 1.807) is 41.5 Å². The average molecular weight is 1020 g/mol. The lowest BCUT2D eigenvalue weighted by atomic mass is 9.95. The van der Waals surface area contributed by atoms with Gasteiger partial charge in [-0.3, -0.25) is 52.9 Å². The highest BCUT2D eigenvalue weighted by Gasteiger charge is 2.40. The second kappa shape index (κ2) is 30.7. The van der Waals surface area contributed by atoms with E-state index in [2.05, 4.69) is 47.5 Å². The molecule has 1 aliphatic heterocycles. The minimum Gasteiger partial charge on any atom is -0.391 e. The zero-order chi connectivity index (χ0) is 54.4. The van der Waals surface area contributed by atoms with E-state index < -0.39 is 120 Å². The van der Waals surface area contributed by atoms with Crippen LogP contribution in [0.3, 0.4) is 0 Å². The topological polar surface area (TPSA) is 358 Å². The first-order chi connectivity index (χ1) is 33.9. The number of amides is 10. The van der Waals surface area contributed by atoms with Gasteiger partial charge >= 0.3 is 0 Å². The number of nitrogens with two attached hydrogens (primary N) is 2. The highest BCUT2D eigenvalue weighted by molar-refractivity contribution is 5.98. The molecule has 72 heavy (non-hydrogen) atoms. The number of rotatable bonds is 31. The molecule has 1 saturated carbocycles. The molecule has 0 spiro atoms. The molecular weight excluding hydrogens is 935 g/mol. The van der Waals surface area contributed by atoms with Crippen molar-refractivity contribution in [2.24, 2.45) is 40.1 Å². The Bertz CT molecular complexity index is 1910. The molecule has 1 saturated heterocycles. The second-order valence-corrected chi connectivity index (χ2v) is 19.6. The number of aliphatic hydroxyl groups is 1. The number of aliphatic imine (C=N–C) groups is 1. The van der Waals surface area contributed by atoms with E-state index in [1.807, 2.05) is 6.92 Å². The van der Waals surface area contributed by atoms with E-state index in [0.29, 0.717) is 57.5 Å². The van der Waals surface area contributed by atoms with Crippen LogP contribution in [0.1, 0.15) is 127 Å². The highest BCUT2D eigenvalue weighted by Crippen LogP contribution is 2.28. The first-order valence-electron chi connectivity index (χ1n) is 25.5. The molecule has 10 amide bonds. The molecule has 0 radical (unpaired) electrons. The summed E-state index contributed by atoms with van der Waals surface area (Å²) >= 11 is 0.